The van der Waals surface area contributed by atoms with Gasteiger partial charge in [0, 0.05) is 12.5 Å². The predicted octanol–water partition coefficient (Wildman–Crippen LogP) is 2.51. The number of ether oxygens (including phenoxy) is 1. The summed E-state index contributed by atoms with van der Waals surface area (Å²) in [5.41, 5.74) is 0. The second-order valence-electron chi connectivity index (χ2n) is 6.36. The summed E-state index contributed by atoms with van der Waals surface area (Å²) in [4.78, 5) is 35.1. The lowest BCUT2D eigenvalue weighted by molar-refractivity contribution is -0.154. The van der Waals surface area contributed by atoms with Gasteiger partial charge in [-0.05, 0) is 32.1 Å². The van der Waals surface area contributed by atoms with Gasteiger partial charge in [-0.1, -0.05) is 33.1 Å². The molecule has 0 saturated heterocycles. The first-order chi connectivity index (χ1) is 10.4. The van der Waals surface area contributed by atoms with Crippen molar-refractivity contribution in [2.75, 3.05) is 0 Å². The van der Waals surface area contributed by atoms with E-state index in [0.717, 1.165) is 32.1 Å². The Morgan fingerprint density at radius 1 is 1.09 bits per heavy atom. The van der Waals surface area contributed by atoms with Crippen molar-refractivity contribution in [3.63, 3.8) is 0 Å². The quantitative estimate of drug-likeness (QED) is 0.738. The third-order valence-corrected chi connectivity index (χ3v) is 3.78. The maximum absolute atomic E-state index is 11.8. The maximum Gasteiger partial charge on any atom is 0.321 e. The van der Waals surface area contributed by atoms with Gasteiger partial charge in [0.25, 0.3) is 5.91 Å². The minimum Gasteiger partial charge on any atom is -0.453 e. The highest BCUT2D eigenvalue weighted by molar-refractivity contribution is 5.97. The largest absolute Gasteiger partial charge is 0.453 e. The molecule has 0 aromatic heterocycles. The summed E-state index contributed by atoms with van der Waals surface area (Å²) in [6.07, 6.45) is 5.33. The molecule has 1 saturated carbocycles. The van der Waals surface area contributed by atoms with Gasteiger partial charge in [0.1, 0.15) is 0 Å². The van der Waals surface area contributed by atoms with Crippen molar-refractivity contribution in [3.8, 4) is 0 Å². The van der Waals surface area contributed by atoms with Crippen LogP contribution in [0.2, 0.25) is 0 Å². The van der Waals surface area contributed by atoms with Gasteiger partial charge < -0.3 is 10.1 Å². The van der Waals surface area contributed by atoms with Crippen LogP contribution >= 0.6 is 0 Å². The SMILES string of the molecule is CC(C)CCC(=O)O[C@@H](C)C(=O)NC(=O)NC1CCCCC1. The van der Waals surface area contributed by atoms with Gasteiger partial charge in [-0.25, -0.2) is 4.79 Å². The Morgan fingerprint density at radius 3 is 2.32 bits per heavy atom. The van der Waals surface area contributed by atoms with Gasteiger partial charge >= 0.3 is 12.0 Å². The molecule has 1 atom stereocenters. The van der Waals surface area contributed by atoms with Gasteiger partial charge in [-0.3, -0.25) is 14.9 Å². The van der Waals surface area contributed by atoms with Gasteiger partial charge in [0.2, 0.25) is 0 Å². The fraction of sp³-hybridized carbons (Fsp3) is 0.812. The molecule has 0 aromatic rings. The predicted molar refractivity (Wildman–Crippen MR) is 83.2 cm³/mol. The van der Waals surface area contributed by atoms with Crippen LogP contribution < -0.4 is 10.6 Å². The van der Waals surface area contributed by atoms with E-state index in [0.29, 0.717) is 5.92 Å². The molecule has 0 aliphatic heterocycles. The van der Waals surface area contributed by atoms with Crippen molar-refractivity contribution in [2.45, 2.75) is 77.9 Å². The summed E-state index contributed by atoms with van der Waals surface area (Å²) in [7, 11) is 0. The molecule has 2 N–H and O–H groups in total. The summed E-state index contributed by atoms with van der Waals surface area (Å²) >= 11 is 0. The first-order valence-corrected chi connectivity index (χ1v) is 8.19. The number of imide groups is 1. The standard InChI is InChI=1S/C16H28N2O4/c1-11(2)9-10-14(19)22-12(3)15(20)18-16(21)17-13-7-5-4-6-8-13/h11-13H,4-10H2,1-3H3,(H2,17,18,20,21)/t12-/m0/s1. The summed E-state index contributed by atoms with van der Waals surface area (Å²) < 4.78 is 5.02. The zero-order valence-corrected chi connectivity index (χ0v) is 13.8. The number of rotatable bonds is 6. The van der Waals surface area contributed by atoms with E-state index < -0.39 is 24.0 Å². The maximum atomic E-state index is 11.8. The Bertz CT molecular complexity index is 390. The fourth-order valence-corrected chi connectivity index (χ4v) is 2.40. The molecule has 0 unspecified atom stereocenters. The van der Waals surface area contributed by atoms with Gasteiger partial charge in [0.05, 0.1) is 0 Å². The Hall–Kier alpha value is -1.59. The van der Waals surface area contributed by atoms with Crippen LogP contribution in [0.4, 0.5) is 4.79 Å². The molecule has 1 aliphatic carbocycles. The molecule has 0 spiro atoms. The lowest BCUT2D eigenvalue weighted by Crippen LogP contribution is -2.48. The number of hydrogen-bond donors (Lipinski definition) is 2. The van der Waals surface area contributed by atoms with E-state index >= 15 is 0 Å². The van der Waals surface area contributed by atoms with Gasteiger partial charge in [0.15, 0.2) is 6.10 Å². The van der Waals surface area contributed by atoms with Crippen LogP contribution in [0.5, 0.6) is 0 Å². The molecule has 1 aliphatic rings. The Kier molecular flexibility index (Phi) is 7.91. The van der Waals surface area contributed by atoms with E-state index in [2.05, 4.69) is 10.6 Å². The van der Waals surface area contributed by atoms with Crippen LogP contribution in [-0.4, -0.2) is 30.1 Å². The van der Waals surface area contributed by atoms with Crippen LogP contribution in [0, 0.1) is 5.92 Å². The van der Waals surface area contributed by atoms with E-state index in [9.17, 15) is 14.4 Å². The zero-order valence-electron chi connectivity index (χ0n) is 13.8. The first kappa shape index (κ1) is 18.5. The minimum absolute atomic E-state index is 0.130. The van der Waals surface area contributed by atoms with E-state index in [1.54, 1.807) is 0 Å². The van der Waals surface area contributed by atoms with Crippen molar-refractivity contribution in [1.82, 2.24) is 10.6 Å². The molecule has 0 heterocycles. The van der Waals surface area contributed by atoms with Crippen molar-refractivity contribution in [2.24, 2.45) is 5.92 Å². The Morgan fingerprint density at radius 2 is 1.73 bits per heavy atom. The average molecular weight is 312 g/mol. The third kappa shape index (κ3) is 7.43. The lowest BCUT2D eigenvalue weighted by Gasteiger charge is -2.23. The molecular weight excluding hydrogens is 284 g/mol. The number of amides is 3. The van der Waals surface area contributed by atoms with E-state index in [-0.39, 0.29) is 12.5 Å². The highest BCUT2D eigenvalue weighted by Crippen LogP contribution is 2.17. The molecule has 0 aromatic carbocycles. The number of nitrogens with one attached hydrogen (secondary N) is 2. The van der Waals surface area contributed by atoms with Crippen LogP contribution in [0.25, 0.3) is 0 Å². The van der Waals surface area contributed by atoms with Crippen LogP contribution in [0.3, 0.4) is 0 Å². The van der Waals surface area contributed by atoms with Crippen LogP contribution in [-0.2, 0) is 14.3 Å². The van der Waals surface area contributed by atoms with Crippen molar-refractivity contribution < 1.29 is 19.1 Å². The Labute approximate surface area is 132 Å². The van der Waals surface area contributed by atoms with Crippen molar-refractivity contribution >= 4 is 17.9 Å². The molecule has 1 fully saturated rings. The zero-order chi connectivity index (χ0) is 16.5. The normalized spacial score (nSPS) is 16.9. The van der Waals surface area contributed by atoms with Crippen molar-refractivity contribution in [1.29, 1.82) is 0 Å². The molecule has 22 heavy (non-hydrogen) atoms. The third-order valence-electron chi connectivity index (χ3n) is 3.78. The first-order valence-electron chi connectivity index (χ1n) is 8.19. The number of carbonyl (C=O) groups is 3. The van der Waals surface area contributed by atoms with E-state index in [1.807, 2.05) is 13.8 Å². The number of esters is 1. The molecule has 126 valence electrons. The highest BCUT2D eigenvalue weighted by Gasteiger charge is 2.22. The molecule has 0 bridgehead atoms. The lowest BCUT2D eigenvalue weighted by atomic mass is 9.96. The molecule has 6 nitrogen and oxygen atoms in total. The summed E-state index contributed by atoms with van der Waals surface area (Å²) in [6, 6.07) is -0.382. The summed E-state index contributed by atoms with van der Waals surface area (Å²) in [6.45, 7) is 5.49. The van der Waals surface area contributed by atoms with Crippen LogP contribution in [0.15, 0.2) is 0 Å². The van der Waals surface area contributed by atoms with E-state index in [1.165, 1.54) is 13.3 Å². The Balaban J connectivity index is 2.27. The smallest absolute Gasteiger partial charge is 0.321 e. The monoisotopic (exact) mass is 312 g/mol. The fourth-order valence-electron chi connectivity index (χ4n) is 2.40. The highest BCUT2D eigenvalue weighted by atomic mass is 16.5. The van der Waals surface area contributed by atoms with Crippen molar-refractivity contribution in [3.05, 3.63) is 0 Å². The molecule has 0 radical (unpaired) electrons. The molecule has 1 rings (SSSR count). The summed E-state index contributed by atoms with van der Waals surface area (Å²) in [5.74, 6) is -0.604. The number of carbonyl (C=O) groups excluding carboxylic acids is 3. The van der Waals surface area contributed by atoms with Crippen LogP contribution in [0.1, 0.15) is 65.7 Å². The summed E-state index contributed by atoms with van der Waals surface area (Å²) in [5, 5.41) is 5.02. The second kappa shape index (κ2) is 9.43. The van der Waals surface area contributed by atoms with Gasteiger partial charge in [-0.15, -0.1) is 0 Å². The average Bonchev–Trinajstić information content (AvgIpc) is 2.45. The molecular formula is C16H28N2O4. The number of urea groups is 1. The second-order valence-corrected chi connectivity index (χ2v) is 6.36. The molecule has 3 amide bonds. The topological polar surface area (TPSA) is 84.5 Å². The minimum atomic E-state index is -0.961. The van der Waals surface area contributed by atoms with Gasteiger partial charge in [-0.2, -0.15) is 0 Å². The van der Waals surface area contributed by atoms with E-state index in [4.69, 9.17) is 4.74 Å². The molecule has 6 heteroatoms. The number of hydrogen-bond acceptors (Lipinski definition) is 4.